The van der Waals surface area contributed by atoms with E-state index in [4.69, 9.17) is 11.6 Å². The van der Waals surface area contributed by atoms with Gasteiger partial charge in [-0.15, -0.1) is 0 Å². The molecule has 0 aliphatic heterocycles. The first-order valence-electron chi connectivity index (χ1n) is 5.96. The molecule has 5 heteroatoms. The molecule has 0 unspecified atom stereocenters. The quantitative estimate of drug-likeness (QED) is 0.920. The van der Waals surface area contributed by atoms with Crippen LogP contribution in [0.1, 0.15) is 31.3 Å². The van der Waals surface area contributed by atoms with Crippen molar-refractivity contribution in [1.29, 1.82) is 0 Å². The zero-order valence-electron chi connectivity index (χ0n) is 10.8. The standard InChI is InChI=1S/C13H17ClN4/c1-9(2)18-13(16-8-17-18)7-15-12-6-11(14)5-4-10(12)3/h4-6,8-9,15H,7H2,1-3H3. The van der Waals surface area contributed by atoms with E-state index in [1.807, 2.05) is 29.8 Å². The smallest absolute Gasteiger partial charge is 0.146 e. The summed E-state index contributed by atoms with van der Waals surface area (Å²) in [7, 11) is 0. The van der Waals surface area contributed by atoms with E-state index < -0.39 is 0 Å². The van der Waals surface area contributed by atoms with Gasteiger partial charge in [0.15, 0.2) is 0 Å². The van der Waals surface area contributed by atoms with Gasteiger partial charge in [0, 0.05) is 16.8 Å². The number of anilines is 1. The predicted octanol–water partition coefficient (Wildman–Crippen LogP) is 3.43. The fourth-order valence-electron chi connectivity index (χ4n) is 1.79. The number of aryl methyl sites for hydroxylation is 1. The first-order chi connectivity index (χ1) is 8.58. The number of aromatic nitrogens is 3. The SMILES string of the molecule is Cc1ccc(Cl)cc1NCc1ncnn1C(C)C. The van der Waals surface area contributed by atoms with Crippen LogP contribution in [0.5, 0.6) is 0 Å². The number of hydrogen-bond acceptors (Lipinski definition) is 3. The summed E-state index contributed by atoms with van der Waals surface area (Å²) in [5.74, 6) is 0.921. The Morgan fingerprint density at radius 3 is 2.89 bits per heavy atom. The van der Waals surface area contributed by atoms with E-state index in [0.717, 1.165) is 22.1 Å². The molecule has 4 nitrogen and oxygen atoms in total. The molecule has 1 aromatic heterocycles. The van der Waals surface area contributed by atoms with Crippen LogP contribution in [0.25, 0.3) is 0 Å². The normalized spacial score (nSPS) is 10.9. The van der Waals surface area contributed by atoms with Crippen molar-refractivity contribution >= 4 is 17.3 Å². The van der Waals surface area contributed by atoms with Crippen LogP contribution >= 0.6 is 11.6 Å². The highest BCUT2D eigenvalue weighted by Crippen LogP contribution is 2.20. The van der Waals surface area contributed by atoms with Gasteiger partial charge in [-0.1, -0.05) is 17.7 Å². The molecule has 1 N–H and O–H groups in total. The van der Waals surface area contributed by atoms with Gasteiger partial charge in [0.1, 0.15) is 12.2 Å². The maximum absolute atomic E-state index is 5.99. The molecule has 0 aliphatic rings. The second-order valence-electron chi connectivity index (χ2n) is 4.53. The molecule has 1 heterocycles. The average Bonchev–Trinajstić information content (AvgIpc) is 2.79. The Bertz CT molecular complexity index is 534. The average molecular weight is 265 g/mol. The highest BCUT2D eigenvalue weighted by Gasteiger charge is 2.07. The third-order valence-corrected chi connectivity index (χ3v) is 3.01. The van der Waals surface area contributed by atoms with Crippen LogP contribution in [0, 0.1) is 6.92 Å². The van der Waals surface area contributed by atoms with E-state index in [-0.39, 0.29) is 0 Å². The molecular weight excluding hydrogens is 248 g/mol. The lowest BCUT2D eigenvalue weighted by molar-refractivity contribution is 0.509. The summed E-state index contributed by atoms with van der Waals surface area (Å²) in [5.41, 5.74) is 2.19. The van der Waals surface area contributed by atoms with Gasteiger partial charge < -0.3 is 5.32 Å². The lowest BCUT2D eigenvalue weighted by Gasteiger charge is -2.12. The minimum atomic E-state index is 0.310. The van der Waals surface area contributed by atoms with E-state index in [1.165, 1.54) is 0 Å². The number of halogens is 1. The Morgan fingerprint density at radius 1 is 1.39 bits per heavy atom. The van der Waals surface area contributed by atoms with E-state index >= 15 is 0 Å². The Morgan fingerprint density at radius 2 is 2.17 bits per heavy atom. The number of nitrogens with zero attached hydrogens (tertiary/aromatic N) is 3. The number of nitrogens with one attached hydrogen (secondary N) is 1. The van der Waals surface area contributed by atoms with Crippen molar-refractivity contribution in [2.24, 2.45) is 0 Å². The molecule has 2 aromatic rings. The lowest BCUT2D eigenvalue weighted by atomic mass is 10.2. The molecule has 0 spiro atoms. The first-order valence-corrected chi connectivity index (χ1v) is 6.34. The van der Waals surface area contributed by atoms with Crippen molar-refractivity contribution in [2.75, 3.05) is 5.32 Å². The van der Waals surface area contributed by atoms with Gasteiger partial charge in [-0.2, -0.15) is 5.10 Å². The number of rotatable bonds is 4. The number of benzene rings is 1. The van der Waals surface area contributed by atoms with Crippen molar-refractivity contribution in [3.8, 4) is 0 Å². The molecule has 18 heavy (non-hydrogen) atoms. The molecule has 0 fully saturated rings. The minimum Gasteiger partial charge on any atom is -0.377 e. The molecule has 0 bridgehead atoms. The Balaban J connectivity index is 2.11. The first kappa shape index (κ1) is 12.9. The summed E-state index contributed by atoms with van der Waals surface area (Å²) in [4.78, 5) is 4.26. The van der Waals surface area contributed by atoms with Gasteiger partial charge in [0.2, 0.25) is 0 Å². The maximum atomic E-state index is 5.99. The van der Waals surface area contributed by atoms with Crippen LogP contribution in [-0.4, -0.2) is 14.8 Å². The van der Waals surface area contributed by atoms with E-state index in [1.54, 1.807) is 6.33 Å². The van der Waals surface area contributed by atoms with Gasteiger partial charge in [0.25, 0.3) is 0 Å². The van der Waals surface area contributed by atoms with Gasteiger partial charge in [-0.05, 0) is 38.5 Å². The molecule has 0 amide bonds. The third kappa shape index (κ3) is 2.82. The monoisotopic (exact) mass is 264 g/mol. The van der Waals surface area contributed by atoms with Crippen molar-refractivity contribution in [2.45, 2.75) is 33.4 Å². The van der Waals surface area contributed by atoms with E-state index in [9.17, 15) is 0 Å². The fraction of sp³-hybridized carbons (Fsp3) is 0.385. The van der Waals surface area contributed by atoms with Crippen LogP contribution < -0.4 is 5.32 Å². The van der Waals surface area contributed by atoms with Crippen molar-refractivity contribution in [3.05, 3.63) is 40.9 Å². The van der Waals surface area contributed by atoms with Crippen LogP contribution in [0.4, 0.5) is 5.69 Å². The molecule has 1 aromatic carbocycles. The Hall–Kier alpha value is -1.55. The lowest BCUT2D eigenvalue weighted by Crippen LogP contribution is -2.12. The highest BCUT2D eigenvalue weighted by molar-refractivity contribution is 6.30. The fourth-order valence-corrected chi connectivity index (χ4v) is 1.96. The van der Waals surface area contributed by atoms with Crippen LogP contribution in [0.3, 0.4) is 0 Å². The molecule has 0 saturated carbocycles. The molecule has 96 valence electrons. The van der Waals surface area contributed by atoms with Crippen LogP contribution in [0.15, 0.2) is 24.5 Å². The topological polar surface area (TPSA) is 42.7 Å². The third-order valence-electron chi connectivity index (χ3n) is 2.77. The summed E-state index contributed by atoms with van der Waals surface area (Å²) in [5, 5.41) is 8.28. The zero-order valence-corrected chi connectivity index (χ0v) is 11.6. The summed E-state index contributed by atoms with van der Waals surface area (Å²) < 4.78 is 1.91. The van der Waals surface area contributed by atoms with Gasteiger partial charge in [-0.3, -0.25) is 0 Å². The summed E-state index contributed by atoms with van der Waals surface area (Å²) in [6, 6.07) is 6.12. The summed E-state index contributed by atoms with van der Waals surface area (Å²) in [6.07, 6.45) is 1.59. The van der Waals surface area contributed by atoms with Crippen molar-refractivity contribution < 1.29 is 0 Å². The minimum absolute atomic E-state index is 0.310. The molecule has 0 radical (unpaired) electrons. The van der Waals surface area contributed by atoms with E-state index in [0.29, 0.717) is 12.6 Å². The van der Waals surface area contributed by atoms with Gasteiger partial charge in [0.05, 0.1) is 6.54 Å². The van der Waals surface area contributed by atoms with Gasteiger partial charge in [-0.25, -0.2) is 9.67 Å². The predicted molar refractivity (Wildman–Crippen MR) is 73.9 cm³/mol. The van der Waals surface area contributed by atoms with Crippen LogP contribution in [-0.2, 0) is 6.54 Å². The second kappa shape index (κ2) is 5.40. The van der Waals surface area contributed by atoms with E-state index in [2.05, 4.69) is 29.2 Å². The van der Waals surface area contributed by atoms with Crippen molar-refractivity contribution in [1.82, 2.24) is 14.8 Å². The molecule has 0 atom stereocenters. The second-order valence-corrected chi connectivity index (χ2v) is 4.96. The molecule has 2 rings (SSSR count). The largest absolute Gasteiger partial charge is 0.377 e. The van der Waals surface area contributed by atoms with Crippen LogP contribution in [0.2, 0.25) is 5.02 Å². The van der Waals surface area contributed by atoms with Gasteiger partial charge >= 0.3 is 0 Å². The van der Waals surface area contributed by atoms with Crippen molar-refractivity contribution in [3.63, 3.8) is 0 Å². The number of hydrogen-bond donors (Lipinski definition) is 1. The maximum Gasteiger partial charge on any atom is 0.146 e. The molecule has 0 saturated heterocycles. The zero-order chi connectivity index (χ0) is 13.1. The molecule has 0 aliphatic carbocycles. The summed E-state index contributed by atoms with van der Waals surface area (Å²) >= 11 is 5.99. The Kier molecular flexibility index (Phi) is 3.87. The Labute approximate surface area is 112 Å². The molecular formula is C13H17ClN4. The highest BCUT2D eigenvalue weighted by atomic mass is 35.5. The summed E-state index contributed by atoms with van der Waals surface area (Å²) in [6.45, 7) is 6.86.